The van der Waals surface area contributed by atoms with E-state index in [1.165, 1.54) is 0 Å². The molecule has 0 aliphatic heterocycles. The number of hydrogen-bond donors (Lipinski definition) is 3. The molecule has 0 radical (unpaired) electrons. The molecule has 3 aromatic rings. The lowest BCUT2D eigenvalue weighted by molar-refractivity contribution is 0.391. The molecule has 3 rings (SSSR count). The second-order valence-electron chi connectivity index (χ2n) is 4.06. The van der Waals surface area contributed by atoms with Crippen molar-refractivity contribution >= 4 is 22.8 Å². The number of anilines is 2. The van der Waals surface area contributed by atoms with Crippen LogP contribution in [0.1, 0.15) is 11.5 Å². The molecule has 0 unspecified atom stereocenters. The Kier molecular flexibility index (Phi) is 2.75. The molecule has 3 N–H and O–H groups in total. The van der Waals surface area contributed by atoms with Crippen LogP contribution in [0.5, 0.6) is 0 Å². The van der Waals surface area contributed by atoms with Gasteiger partial charge < -0.3 is 15.2 Å². The van der Waals surface area contributed by atoms with E-state index in [4.69, 9.17) is 4.52 Å². The maximum absolute atomic E-state index is 5.02. The zero-order chi connectivity index (χ0) is 13.2. The molecule has 0 saturated heterocycles. The standard InChI is InChI=1S/C11H13N7O/c1-6-3-7(18-19-6)4-13-9-8-5-14-17-10(8)16-11(12-2)15-9/h3,5H,4H2,1-2H3,(H3,12,13,14,15,16,17). The van der Waals surface area contributed by atoms with Crippen LogP contribution in [0, 0.1) is 6.92 Å². The number of aromatic amines is 1. The first-order valence-electron chi connectivity index (χ1n) is 5.81. The largest absolute Gasteiger partial charge is 0.364 e. The molecule has 0 spiro atoms. The van der Waals surface area contributed by atoms with Gasteiger partial charge in [0.2, 0.25) is 5.95 Å². The zero-order valence-electron chi connectivity index (χ0n) is 10.6. The van der Waals surface area contributed by atoms with Crippen molar-refractivity contribution in [2.24, 2.45) is 0 Å². The van der Waals surface area contributed by atoms with Crippen molar-refractivity contribution in [3.05, 3.63) is 23.7 Å². The van der Waals surface area contributed by atoms with Gasteiger partial charge in [0.15, 0.2) is 5.65 Å². The fraction of sp³-hybridized carbons (Fsp3) is 0.273. The minimum absolute atomic E-state index is 0.524. The predicted octanol–water partition coefficient (Wildman–Crippen LogP) is 1.30. The average molecular weight is 259 g/mol. The monoisotopic (exact) mass is 259 g/mol. The van der Waals surface area contributed by atoms with Crippen LogP contribution in [0.25, 0.3) is 11.0 Å². The molecule has 3 aromatic heterocycles. The van der Waals surface area contributed by atoms with Crippen molar-refractivity contribution in [1.82, 2.24) is 25.3 Å². The molecule has 0 aliphatic rings. The Morgan fingerprint density at radius 1 is 1.37 bits per heavy atom. The van der Waals surface area contributed by atoms with Crippen molar-refractivity contribution in [3.63, 3.8) is 0 Å². The molecule has 98 valence electrons. The minimum atomic E-state index is 0.524. The highest BCUT2D eigenvalue weighted by atomic mass is 16.5. The van der Waals surface area contributed by atoms with Crippen LogP contribution in [0.15, 0.2) is 16.8 Å². The van der Waals surface area contributed by atoms with Gasteiger partial charge in [0.25, 0.3) is 0 Å². The lowest BCUT2D eigenvalue weighted by Gasteiger charge is -2.06. The molecule has 0 amide bonds. The number of fused-ring (bicyclic) bond motifs is 1. The van der Waals surface area contributed by atoms with Gasteiger partial charge in [-0.05, 0) is 6.92 Å². The third-order valence-corrected chi connectivity index (χ3v) is 2.65. The fourth-order valence-electron chi connectivity index (χ4n) is 1.76. The Hall–Kier alpha value is -2.64. The van der Waals surface area contributed by atoms with E-state index >= 15 is 0 Å². The van der Waals surface area contributed by atoms with Gasteiger partial charge in [-0.15, -0.1) is 0 Å². The van der Waals surface area contributed by atoms with Gasteiger partial charge in [-0.25, -0.2) is 0 Å². The maximum atomic E-state index is 5.02. The van der Waals surface area contributed by atoms with E-state index in [1.807, 2.05) is 13.0 Å². The number of hydrogen-bond acceptors (Lipinski definition) is 7. The lowest BCUT2D eigenvalue weighted by Crippen LogP contribution is -2.05. The topological polar surface area (TPSA) is 105 Å². The first kappa shape index (κ1) is 11.5. The number of nitrogens with one attached hydrogen (secondary N) is 3. The van der Waals surface area contributed by atoms with Crippen LogP contribution in [0.3, 0.4) is 0 Å². The number of nitrogens with zero attached hydrogens (tertiary/aromatic N) is 4. The van der Waals surface area contributed by atoms with Crippen molar-refractivity contribution in [2.75, 3.05) is 17.7 Å². The highest BCUT2D eigenvalue weighted by molar-refractivity contribution is 5.86. The first-order valence-corrected chi connectivity index (χ1v) is 5.81. The van der Waals surface area contributed by atoms with E-state index in [9.17, 15) is 0 Å². The Bertz CT molecular complexity index is 702. The first-order chi connectivity index (χ1) is 9.26. The van der Waals surface area contributed by atoms with Crippen LogP contribution in [0.4, 0.5) is 11.8 Å². The number of rotatable bonds is 4. The summed E-state index contributed by atoms with van der Waals surface area (Å²) in [5.74, 6) is 2.00. The van der Waals surface area contributed by atoms with Gasteiger partial charge in [0.05, 0.1) is 18.1 Å². The van der Waals surface area contributed by atoms with Crippen LogP contribution in [-0.2, 0) is 6.54 Å². The van der Waals surface area contributed by atoms with E-state index < -0.39 is 0 Å². The molecule has 0 aromatic carbocycles. The van der Waals surface area contributed by atoms with E-state index in [0.717, 1.165) is 16.8 Å². The van der Waals surface area contributed by atoms with Crippen molar-refractivity contribution < 1.29 is 4.52 Å². The summed E-state index contributed by atoms with van der Waals surface area (Å²) in [6.07, 6.45) is 1.69. The Morgan fingerprint density at radius 3 is 3.00 bits per heavy atom. The lowest BCUT2D eigenvalue weighted by atomic mass is 10.3. The third kappa shape index (κ3) is 2.19. The van der Waals surface area contributed by atoms with Gasteiger partial charge in [0, 0.05) is 13.1 Å². The zero-order valence-corrected chi connectivity index (χ0v) is 10.6. The number of aromatic nitrogens is 5. The summed E-state index contributed by atoms with van der Waals surface area (Å²) in [6.45, 7) is 2.38. The maximum Gasteiger partial charge on any atom is 0.226 e. The van der Waals surface area contributed by atoms with Crippen molar-refractivity contribution in [2.45, 2.75) is 13.5 Å². The van der Waals surface area contributed by atoms with Crippen LogP contribution in [-0.4, -0.2) is 32.4 Å². The summed E-state index contributed by atoms with van der Waals surface area (Å²) < 4.78 is 5.02. The summed E-state index contributed by atoms with van der Waals surface area (Å²) in [5, 5.41) is 17.7. The quantitative estimate of drug-likeness (QED) is 0.648. The van der Waals surface area contributed by atoms with E-state index in [1.54, 1.807) is 13.2 Å². The molecular formula is C11H13N7O. The van der Waals surface area contributed by atoms with Crippen LogP contribution in [0.2, 0.25) is 0 Å². The molecule has 0 saturated carbocycles. The minimum Gasteiger partial charge on any atom is -0.364 e. The Balaban J connectivity index is 1.88. The Morgan fingerprint density at radius 2 is 2.26 bits per heavy atom. The molecule has 0 aliphatic carbocycles. The fourth-order valence-corrected chi connectivity index (χ4v) is 1.76. The van der Waals surface area contributed by atoms with E-state index in [-0.39, 0.29) is 0 Å². The Labute approximate surface area is 108 Å². The van der Waals surface area contributed by atoms with Gasteiger partial charge in [-0.3, -0.25) is 5.10 Å². The number of aryl methyl sites for hydroxylation is 1. The predicted molar refractivity (Wildman–Crippen MR) is 69.8 cm³/mol. The third-order valence-electron chi connectivity index (χ3n) is 2.65. The van der Waals surface area contributed by atoms with Gasteiger partial charge >= 0.3 is 0 Å². The van der Waals surface area contributed by atoms with Crippen molar-refractivity contribution in [1.29, 1.82) is 0 Å². The smallest absolute Gasteiger partial charge is 0.226 e. The molecule has 0 atom stereocenters. The second-order valence-corrected chi connectivity index (χ2v) is 4.06. The van der Waals surface area contributed by atoms with Crippen LogP contribution < -0.4 is 10.6 Å². The molecule has 3 heterocycles. The summed E-state index contributed by atoms with van der Waals surface area (Å²) in [7, 11) is 1.77. The van der Waals surface area contributed by atoms with Crippen LogP contribution >= 0.6 is 0 Å². The molecule has 8 nitrogen and oxygen atoms in total. The van der Waals surface area contributed by atoms with Gasteiger partial charge in [0.1, 0.15) is 17.3 Å². The van der Waals surface area contributed by atoms with Gasteiger partial charge in [-0.1, -0.05) is 5.16 Å². The van der Waals surface area contributed by atoms with Gasteiger partial charge in [-0.2, -0.15) is 15.1 Å². The van der Waals surface area contributed by atoms with E-state index in [0.29, 0.717) is 24.0 Å². The average Bonchev–Trinajstić information content (AvgIpc) is 3.04. The molecular weight excluding hydrogens is 246 g/mol. The highest BCUT2D eigenvalue weighted by Crippen LogP contribution is 2.20. The summed E-state index contributed by atoms with van der Waals surface area (Å²) in [4.78, 5) is 8.62. The summed E-state index contributed by atoms with van der Waals surface area (Å²) in [6, 6.07) is 1.87. The second kappa shape index (κ2) is 4.56. The van der Waals surface area contributed by atoms with E-state index in [2.05, 4.69) is 36.0 Å². The molecule has 0 bridgehead atoms. The highest BCUT2D eigenvalue weighted by Gasteiger charge is 2.09. The normalized spacial score (nSPS) is 10.8. The SMILES string of the molecule is CNc1nc(NCc2cc(C)on2)c2cn[nH]c2n1. The summed E-state index contributed by atoms with van der Waals surface area (Å²) >= 11 is 0. The van der Waals surface area contributed by atoms with Crippen molar-refractivity contribution in [3.8, 4) is 0 Å². The molecule has 0 fully saturated rings. The molecule has 8 heteroatoms. The number of H-pyrrole nitrogens is 1. The molecule has 19 heavy (non-hydrogen) atoms. The summed E-state index contributed by atoms with van der Waals surface area (Å²) in [5.41, 5.74) is 1.50.